The second kappa shape index (κ2) is 4.91. The van der Waals surface area contributed by atoms with Crippen LogP contribution in [0.4, 0.5) is 0 Å². The molecule has 0 radical (unpaired) electrons. The van der Waals surface area contributed by atoms with Gasteiger partial charge in [0, 0.05) is 5.92 Å². The normalized spacial score (nSPS) is 12.5. The van der Waals surface area contributed by atoms with Crippen LogP contribution in [0.25, 0.3) is 0 Å². The average Bonchev–Trinajstić information content (AvgIpc) is 2.63. The molecule has 0 aliphatic carbocycles. The minimum absolute atomic E-state index is 0.00287. The van der Waals surface area contributed by atoms with E-state index in [0.29, 0.717) is 11.3 Å². The molecule has 0 fully saturated rings. The van der Waals surface area contributed by atoms with Crippen LogP contribution in [0.2, 0.25) is 0 Å². The Morgan fingerprint density at radius 1 is 1.47 bits per heavy atom. The zero-order valence-corrected chi connectivity index (χ0v) is 9.37. The summed E-state index contributed by atoms with van der Waals surface area (Å²) >= 11 is 0. The van der Waals surface area contributed by atoms with Gasteiger partial charge in [-0.1, -0.05) is 13.8 Å². The molecule has 0 amide bonds. The summed E-state index contributed by atoms with van der Waals surface area (Å²) in [5.74, 6) is 0.396. The first-order valence-electron chi connectivity index (χ1n) is 5.16. The lowest BCUT2D eigenvalue weighted by atomic mass is 9.97. The van der Waals surface area contributed by atoms with Crippen LogP contribution >= 0.6 is 0 Å². The van der Waals surface area contributed by atoms with Crippen LogP contribution in [0.15, 0.2) is 16.7 Å². The smallest absolute Gasteiger partial charge is 0.173 e. The van der Waals surface area contributed by atoms with Crippen molar-refractivity contribution in [3.8, 4) is 0 Å². The number of furan rings is 1. The van der Waals surface area contributed by atoms with E-state index < -0.39 is 0 Å². The average molecular weight is 208 g/mol. The van der Waals surface area contributed by atoms with Gasteiger partial charge in [-0.05, 0) is 19.4 Å². The molecule has 1 atom stereocenters. The van der Waals surface area contributed by atoms with Crippen LogP contribution in [0, 0.1) is 12.8 Å². The van der Waals surface area contributed by atoms with Crippen molar-refractivity contribution in [1.82, 2.24) is 0 Å². The second-order valence-electron chi connectivity index (χ2n) is 3.77. The van der Waals surface area contributed by atoms with E-state index in [4.69, 9.17) is 4.42 Å². The van der Waals surface area contributed by atoms with E-state index in [-0.39, 0.29) is 23.9 Å². The molecular formula is C12H16O3. The summed E-state index contributed by atoms with van der Waals surface area (Å²) in [6.45, 7) is 5.51. The lowest BCUT2D eigenvalue weighted by Gasteiger charge is -2.05. The summed E-state index contributed by atoms with van der Waals surface area (Å²) in [5, 5.41) is 0. The third-order valence-electron chi connectivity index (χ3n) is 2.66. The second-order valence-corrected chi connectivity index (χ2v) is 3.77. The molecule has 0 saturated heterocycles. The highest BCUT2D eigenvalue weighted by atomic mass is 16.3. The van der Waals surface area contributed by atoms with E-state index in [1.165, 1.54) is 6.26 Å². The molecule has 1 unspecified atom stereocenters. The Balaban J connectivity index is 2.65. The minimum Gasteiger partial charge on any atom is -0.469 e. The lowest BCUT2D eigenvalue weighted by Crippen LogP contribution is -2.15. The molecule has 3 heteroatoms. The molecular weight excluding hydrogens is 192 g/mol. The van der Waals surface area contributed by atoms with E-state index in [9.17, 15) is 9.59 Å². The quantitative estimate of drug-likeness (QED) is 0.552. The van der Waals surface area contributed by atoms with Gasteiger partial charge in [0.2, 0.25) is 0 Å². The van der Waals surface area contributed by atoms with Crippen molar-refractivity contribution in [2.24, 2.45) is 5.92 Å². The Hall–Kier alpha value is -1.38. The highest BCUT2D eigenvalue weighted by Crippen LogP contribution is 2.14. The topological polar surface area (TPSA) is 47.3 Å². The van der Waals surface area contributed by atoms with Gasteiger partial charge in [0.15, 0.2) is 5.78 Å². The number of hydrogen-bond acceptors (Lipinski definition) is 3. The molecule has 0 aliphatic rings. The zero-order chi connectivity index (χ0) is 11.4. The third-order valence-corrected chi connectivity index (χ3v) is 2.66. The number of aryl methyl sites for hydroxylation is 1. The van der Waals surface area contributed by atoms with Gasteiger partial charge >= 0.3 is 0 Å². The molecule has 3 nitrogen and oxygen atoms in total. The Labute approximate surface area is 89.5 Å². The predicted molar refractivity (Wildman–Crippen MR) is 56.9 cm³/mol. The van der Waals surface area contributed by atoms with Crippen LogP contribution in [0.1, 0.15) is 42.8 Å². The molecule has 1 aromatic heterocycles. The first kappa shape index (κ1) is 11.7. The number of carbonyl (C=O) groups excluding carboxylic acids is 2. The SMILES string of the molecule is CCC(C)C(=O)CC(=O)c1ccoc1C. The summed E-state index contributed by atoms with van der Waals surface area (Å²) < 4.78 is 5.02. The maximum Gasteiger partial charge on any atom is 0.173 e. The van der Waals surface area contributed by atoms with Crippen LogP contribution < -0.4 is 0 Å². The maximum atomic E-state index is 11.7. The summed E-state index contributed by atoms with van der Waals surface area (Å²) in [7, 11) is 0. The van der Waals surface area contributed by atoms with Crippen molar-refractivity contribution >= 4 is 11.6 Å². The monoisotopic (exact) mass is 208 g/mol. The molecule has 0 aromatic carbocycles. The number of Topliss-reactive ketones (excluding diaryl/α,β-unsaturated/α-hetero) is 2. The number of ketones is 2. The summed E-state index contributed by atoms with van der Waals surface area (Å²) in [6, 6.07) is 1.61. The largest absolute Gasteiger partial charge is 0.469 e. The number of hydrogen-bond donors (Lipinski definition) is 0. The van der Waals surface area contributed by atoms with Gasteiger partial charge in [-0.3, -0.25) is 9.59 Å². The van der Waals surface area contributed by atoms with Crippen molar-refractivity contribution in [1.29, 1.82) is 0 Å². The van der Waals surface area contributed by atoms with Gasteiger partial charge in [0.1, 0.15) is 11.5 Å². The molecule has 0 aliphatic heterocycles. The first-order valence-corrected chi connectivity index (χ1v) is 5.16. The number of carbonyl (C=O) groups is 2. The molecule has 0 saturated carbocycles. The fraction of sp³-hybridized carbons (Fsp3) is 0.500. The number of rotatable bonds is 5. The molecule has 1 rings (SSSR count). The molecule has 0 N–H and O–H groups in total. The van der Waals surface area contributed by atoms with E-state index in [1.807, 2.05) is 13.8 Å². The minimum atomic E-state index is -0.147. The van der Waals surface area contributed by atoms with Gasteiger partial charge in [0.05, 0.1) is 18.2 Å². The Morgan fingerprint density at radius 2 is 2.13 bits per heavy atom. The molecule has 0 bridgehead atoms. The van der Waals surface area contributed by atoms with E-state index in [2.05, 4.69) is 0 Å². The Bertz CT molecular complexity index is 363. The van der Waals surface area contributed by atoms with Crippen molar-refractivity contribution in [3.63, 3.8) is 0 Å². The van der Waals surface area contributed by atoms with Crippen LogP contribution in [0.3, 0.4) is 0 Å². The summed E-state index contributed by atoms with van der Waals surface area (Å²) in [5.41, 5.74) is 0.520. The van der Waals surface area contributed by atoms with Crippen LogP contribution in [0.5, 0.6) is 0 Å². The Morgan fingerprint density at radius 3 is 2.60 bits per heavy atom. The van der Waals surface area contributed by atoms with Crippen molar-refractivity contribution in [2.75, 3.05) is 0 Å². The van der Waals surface area contributed by atoms with Gasteiger partial charge in [-0.25, -0.2) is 0 Å². The fourth-order valence-electron chi connectivity index (χ4n) is 1.33. The summed E-state index contributed by atoms with van der Waals surface area (Å²) in [4.78, 5) is 23.2. The van der Waals surface area contributed by atoms with Gasteiger partial charge in [-0.15, -0.1) is 0 Å². The van der Waals surface area contributed by atoms with Gasteiger partial charge < -0.3 is 4.42 Å². The van der Waals surface area contributed by atoms with Gasteiger partial charge in [-0.2, -0.15) is 0 Å². The highest BCUT2D eigenvalue weighted by Gasteiger charge is 2.18. The van der Waals surface area contributed by atoms with Crippen molar-refractivity contribution < 1.29 is 14.0 Å². The standard InChI is InChI=1S/C12H16O3/c1-4-8(2)11(13)7-12(14)10-5-6-15-9(10)3/h5-6,8H,4,7H2,1-3H3. The fourth-order valence-corrected chi connectivity index (χ4v) is 1.33. The van der Waals surface area contributed by atoms with Crippen molar-refractivity contribution in [3.05, 3.63) is 23.7 Å². The van der Waals surface area contributed by atoms with E-state index >= 15 is 0 Å². The first-order chi connectivity index (χ1) is 7.06. The van der Waals surface area contributed by atoms with Crippen molar-refractivity contribution in [2.45, 2.75) is 33.6 Å². The predicted octanol–water partition coefficient (Wildman–Crippen LogP) is 2.78. The molecule has 15 heavy (non-hydrogen) atoms. The van der Waals surface area contributed by atoms with E-state index in [1.54, 1.807) is 13.0 Å². The Kier molecular flexibility index (Phi) is 3.83. The maximum absolute atomic E-state index is 11.7. The lowest BCUT2D eigenvalue weighted by molar-refractivity contribution is -0.121. The van der Waals surface area contributed by atoms with E-state index in [0.717, 1.165) is 6.42 Å². The molecule has 1 heterocycles. The molecule has 82 valence electrons. The van der Waals surface area contributed by atoms with Gasteiger partial charge in [0.25, 0.3) is 0 Å². The molecule has 0 spiro atoms. The zero-order valence-electron chi connectivity index (χ0n) is 9.37. The van der Waals surface area contributed by atoms with Crippen LogP contribution in [-0.4, -0.2) is 11.6 Å². The highest BCUT2D eigenvalue weighted by molar-refractivity contribution is 6.08. The molecule has 1 aromatic rings. The summed E-state index contributed by atoms with van der Waals surface area (Å²) in [6.07, 6.45) is 2.22. The third kappa shape index (κ3) is 2.78. The van der Waals surface area contributed by atoms with Crippen LogP contribution in [-0.2, 0) is 4.79 Å².